The minimum Gasteiger partial charge on any atom is -0.378 e. The molecule has 0 unspecified atom stereocenters. The molecule has 0 bridgehead atoms. The number of carbonyl (C=O) groups excluding carboxylic acids is 1. The molecule has 1 fully saturated rings. The standard InChI is InChI=1S/C17H19BrN4O2/c1-11-9-13(18)3-4-14(11)21-17(23)15-10-16(20-12(2)19-15)22-5-7-24-8-6-22/h3-4,9-10H,5-8H2,1-2H3,(H,21,23). The number of hydrogen-bond acceptors (Lipinski definition) is 5. The Labute approximate surface area is 149 Å². The van der Waals surface area contributed by atoms with Gasteiger partial charge in [-0.2, -0.15) is 0 Å². The van der Waals surface area contributed by atoms with Gasteiger partial charge in [-0.3, -0.25) is 4.79 Å². The molecule has 1 aromatic carbocycles. The van der Waals surface area contributed by atoms with Gasteiger partial charge in [0, 0.05) is 29.3 Å². The van der Waals surface area contributed by atoms with E-state index in [4.69, 9.17) is 4.74 Å². The van der Waals surface area contributed by atoms with Crippen LogP contribution in [0.1, 0.15) is 21.9 Å². The number of benzene rings is 1. The number of ether oxygens (including phenoxy) is 1. The van der Waals surface area contributed by atoms with Crippen molar-refractivity contribution in [2.45, 2.75) is 13.8 Å². The summed E-state index contributed by atoms with van der Waals surface area (Å²) in [4.78, 5) is 23.4. The highest BCUT2D eigenvalue weighted by molar-refractivity contribution is 9.10. The van der Waals surface area contributed by atoms with Crippen LogP contribution in [0.2, 0.25) is 0 Å². The van der Waals surface area contributed by atoms with Gasteiger partial charge in [0.05, 0.1) is 13.2 Å². The summed E-state index contributed by atoms with van der Waals surface area (Å²) in [5.74, 6) is 1.11. The third-order valence-electron chi connectivity index (χ3n) is 3.83. The highest BCUT2D eigenvalue weighted by Gasteiger charge is 2.17. The summed E-state index contributed by atoms with van der Waals surface area (Å²) in [5, 5.41) is 2.92. The lowest BCUT2D eigenvalue weighted by molar-refractivity contribution is 0.102. The minimum atomic E-state index is -0.236. The molecule has 6 nitrogen and oxygen atoms in total. The normalized spacial score (nSPS) is 14.5. The van der Waals surface area contributed by atoms with Crippen molar-refractivity contribution in [3.05, 3.63) is 45.8 Å². The van der Waals surface area contributed by atoms with E-state index in [1.165, 1.54) is 0 Å². The van der Waals surface area contributed by atoms with Gasteiger partial charge >= 0.3 is 0 Å². The summed E-state index contributed by atoms with van der Waals surface area (Å²) >= 11 is 3.42. The average molecular weight is 391 g/mol. The fourth-order valence-corrected chi connectivity index (χ4v) is 3.05. The Hall–Kier alpha value is -1.99. The first-order valence-corrected chi connectivity index (χ1v) is 8.58. The van der Waals surface area contributed by atoms with Crippen molar-refractivity contribution < 1.29 is 9.53 Å². The molecule has 2 aromatic rings. The second kappa shape index (κ2) is 7.27. The second-order valence-electron chi connectivity index (χ2n) is 5.67. The number of rotatable bonds is 3. The van der Waals surface area contributed by atoms with Crippen molar-refractivity contribution in [3.8, 4) is 0 Å². The molecule has 3 rings (SSSR count). The fourth-order valence-electron chi connectivity index (χ4n) is 2.58. The van der Waals surface area contributed by atoms with E-state index < -0.39 is 0 Å². The molecular formula is C17H19BrN4O2. The Kier molecular flexibility index (Phi) is 5.11. The lowest BCUT2D eigenvalue weighted by Gasteiger charge is -2.28. The number of aryl methyl sites for hydroxylation is 2. The van der Waals surface area contributed by atoms with Crippen LogP contribution in [-0.4, -0.2) is 42.2 Å². The number of aromatic nitrogens is 2. The molecule has 1 aliphatic heterocycles. The number of amides is 1. The summed E-state index contributed by atoms with van der Waals surface area (Å²) in [5.41, 5.74) is 2.12. The lowest BCUT2D eigenvalue weighted by Crippen LogP contribution is -2.37. The van der Waals surface area contributed by atoms with E-state index in [0.717, 1.165) is 34.6 Å². The number of nitrogens with zero attached hydrogens (tertiary/aromatic N) is 3. The van der Waals surface area contributed by atoms with Gasteiger partial charge < -0.3 is 15.0 Å². The van der Waals surface area contributed by atoms with Crippen molar-refractivity contribution in [2.24, 2.45) is 0 Å². The van der Waals surface area contributed by atoms with E-state index in [-0.39, 0.29) is 5.91 Å². The Morgan fingerprint density at radius 2 is 1.96 bits per heavy atom. The first-order valence-electron chi connectivity index (χ1n) is 7.79. The van der Waals surface area contributed by atoms with Crippen molar-refractivity contribution in [2.75, 3.05) is 36.5 Å². The van der Waals surface area contributed by atoms with E-state index in [2.05, 4.69) is 36.1 Å². The molecule has 7 heteroatoms. The van der Waals surface area contributed by atoms with Crippen LogP contribution in [0, 0.1) is 13.8 Å². The molecule has 1 saturated heterocycles. The maximum absolute atomic E-state index is 12.6. The van der Waals surface area contributed by atoms with E-state index in [1.54, 1.807) is 13.0 Å². The third-order valence-corrected chi connectivity index (χ3v) is 4.32. The van der Waals surface area contributed by atoms with E-state index in [9.17, 15) is 4.79 Å². The van der Waals surface area contributed by atoms with E-state index in [1.807, 2.05) is 25.1 Å². The van der Waals surface area contributed by atoms with Gasteiger partial charge in [0.15, 0.2) is 0 Å². The first kappa shape index (κ1) is 16.9. The molecule has 1 N–H and O–H groups in total. The van der Waals surface area contributed by atoms with Crippen LogP contribution in [0.3, 0.4) is 0 Å². The molecule has 0 saturated carbocycles. The summed E-state index contributed by atoms with van der Waals surface area (Å²) < 4.78 is 6.34. The average Bonchev–Trinajstić information content (AvgIpc) is 2.57. The van der Waals surface area contributed by atoms with Gasteiger partial charge in [-0.05, 0) is 37.6 Å². The number of morpholine rings is 1. The molecule has 1 aliphatic rings. The zero-order chi connectivity index (χ0) is 17.1. The van der Waals surface area contributed by atoms with Gasteiger partial charge in [0.1, 0.15) is 17.3 Å². The smallest absolute Gasteiger partial charge is 0.274 e. The van der Waals surface area contributed by atoms with Crippen LogP contribution in [0.15, 0.2) is 28.7 Å². The van der Waals surface area contributed by atoms with Crippen LogP contribution in [0.5, 0.6) is 0 Å². The van der Waals surface area contributed by atoms with Gasteiger partial charge in [0.25, 0.3) is 5.91 Å². The molecule has 0 radical (unpaired) electrons. The Morgan fingerprint density at radius 1 is 1.21 bits per heavy atom. The zero-order valence-corrected chi connectivity index (χ0v) is 15.3. The van der Waals surface area contributed by atoms with Crippen LogP contribution in [-0.2, 0) is 4.74 Å². The summed E-state index contributed by atoms with van der Waals surface area (Å²) in [6, 6.07) is 7.46. The Balaban J connectivity index is 1.82. The topological polar surface area (TPSA) is 67.4 Å². The molecule has 0 atom stereocenters. The molecular weight excluding hydrogens is 372 g/mol. The van der Waals surface area contributed by atoms with E-state index in [0.29, 0.717) is 24.7 Å². The van der Waals surface area contributed by atoms with Crippen molar-refractivity contribution in [3.63, 3.8) is 0 Å². The third kappa shape index (κ3) is 3.91. The maximum atomic E-state index is 12.6. The number of nitrogens with one attached hydrogen (secondary N) is 1. The molecule has 126 valence electrons. The predicted molar refractivity (Wildman–Crippen MR) is 96.6 cm³/mol. The molecule has 0 aliphatic carbocycles. The van der Waals surface area contributed by atoms with Gasteiger partial charge in [0.2, 0.25) is 0 Å². The highest BCUT2D eigenvalue weighted by Crippen LogP contribution is 2.21. The molecule has 1 aromatic heterocycles. The predicted octanol–water partition coefficient (Wildman–Crippen LogP) is 2.94. The Morgan fingerprint density at radius 3 is 2.67 bits per heavy atom. The van der Waals surface area contributed by atoms with Crippen molar-refractivity contribution in [1.29, 1.82) is 0 Å². The fraction of sp³-hybridized carbons (Fsp3) is 0.353. The zero-order valence-electron chi connectivity index (χ0n) is 13.7. The number of anilines is 2. The largest absolute Gasteiger partial charge is 0.378 e. The van der Waals surface area contributed by atoms with Gasteiger partial charge in [-0.15, -0.1) is 0 Å². The minimum absolute atomic E-state index is 0.236. The maximum Gasteiger partial charge on any atom is 0.274 e. The molecule has 24 heavy (non-hydrogen) atoms. The molecule has 1 amide bonds. The lowest BCUT2D eigenvalue weighted by atomic mass is 10.2. The van der Waals surface area contributed by atoms with E-state index >= 15 is 0 Å². The second-order valence-corrected chi connectivity index (χ2v) is 6.59. The molecule has 2 heterocycles. The van der Waals surface area contributed by atoms with Gasteiger partial charge in [-0.25, -0.2) is 9.97 Å². The first-order chi connectivity index (χ1) is 11.5. The summed E-state index contributed by atoms with van der Waals surface area (Å²) in [6.45, 7) is 6.62. The highest BCUT2D eigenvalue weighted by atomic mass is 79.9. The van der Waals surface area contributed by atoms with Crippen molar-refractivity contribution in [1.82, 2.24) is 9.97 Å². The van der Waals surface area contributed by atoms with Crippen LogP contribution >= 0.6 is 15.9 Å². The monoisotopic (exact) mass is 390 g/mol. The van der Waals surface area contributed by atoms with Crippen LogP contribution < -0.4 is 10.2 Å². The number of halogens is 1. The van der Waals surface area contributed by atoms with Gasteiger partial charge in [-0.1, -0.05) is 15.9 Å². The summed E-state index contributed by atoms with van der Waals surface area (Å²) in [6.07, 6.45) is 0. The summed E-state index contributed by atoms with van der Waals surface area (Å²) in [7, 11) is 0. The van der Waals surface area contributed by atoms with Crippen molar-refractivity contribution >= 4 is 33.3 Å². The Bertz CT molecular complexity index is 760. The SMILES string of the molecule is Cc1nc(C(=O)Nc2ccc(Br)cc2C)cc(N2CCOCC2)n1. The number of hydrogen-bond donors (Lipinski definition) is 1. The quantitative estimate of drug-likeness (QED) is 0.872. The van der Waals surface area contributed by atoms with Crippen LogP contribution in [0.25, 0.3) is 0 Å². The number of carbonyl (C=O) groups is 1. The molecule has 0 spiro atoms. The van der Waals surface area contributed by atoms with Crippen LogP contribution in [0.4, 0.5) is 11.5 Å².